The van der Waals surface area contributed by atoms with E-state index in [1.807, 2.05) is 6.92 Å². The van der Waals surface area contributed by atoms with Crippen LogP contribution in [0, 0.1) is 33.5 Å². The number of epoxide rings is 1. The second-order valence-corrected chi connectivity index (χ2v) is 13.9. The van der Waals surface area contributed by atoms with Gasteiger partial charge in [-0.2, -0.15) is 0 Å². The van der Waals surface area contributed by atoms with Crippen LogP contribution in [0.1, 0.15) is 73.6 Å². The number of aliphatic hydroxyl groups is 3. The van der Waals surface area contributed by atoms with Crippen molar-refractivity contribution in [3.63, 3.8) is 0 Å². The van der Waals surface area contributed by atoms with Crippen molar-refractivity contribution in [2.24, 2.45) is 33.5 Å². The number of ketones is 1. The Bertz CT molecular complexity index is 1060. The predicted octanol–water partition coefficient (Wildman–Crippen LogP) is 3.30. The van der Waals surface area contributed by atoms with Crippen molar-refractivity contribution in [2.75, 3.05) is 13.2 Å². The Hall–Kier alpha value is -1.25. The Morgan fingerprint density at radius 1 is 1.14 bits per heavy atom. The van der Waals surface area contributed by atoms with Crippen LogP contribution in [0.4, 0.5) is 0 Å². The summed E-state index contributed by atoms with van der Waals surface area (Å²) >= 11 is 0. The van der Waals surface area contributed by atoms with Crippen molar-refractivity contribution in [3.8, 4) is 0 Å². The summed E-state index contributed by atoms with van der Waals surface area (Å²) in [5.74, 6) is 2.37. The highest BCUT2D eigenvalue weighted by Crippen LogP contribution is 2.71. The first-order valence-electron chi connectivity index (χ1n) is 14.2. The normalized spacial score (nSPS) is 56.9. The van der Waals surface area contributed by atoms with E-state index in [9.17, 15) is 20.1 Å². The number of hydrogen-bond donors (Lipinski definition) is 3. The van der Waals surface area contributed by atoms with Gasteiger partial charge in [0.25, 0.3) is 0 Å². The smallest absolute Gasteiger partial charge is 0.187 e. The molecule has 12 atom stereocenters. The molecule has 37 heavy (non-hydrogen) atoms. The van der Waals surface area contributed by atoms with Crippen molar-refractivity contribution in [1.82, 2.24) is 0 Å². The molecule has 3 N–H and O–H groups in total. The average molecular weight is 517 g/mol. The molecule has 0 aromatic heterocycles. The predicted molar refractivity (Wildman–Crippen MR) is 136 cm³/mol. The SMILES string of the molecule is CC1=C[C@H]2O[C@@H]3[C@H](O)C[C@@](C)(C34CO4)[C@@]2(CO)[C@H](O)C1=O.CC1CC[C@@]2(C)[C@@H](C1)OC1=CC[C@@]2(C)[C@@H]1C. The van der Waals surface area contributed by atoms with Crippen LogP contribution in [0.2, 0.25) is 0 Å². The highest BCUT2D eigenvalue weighted by Gasteiger charge is 2.83. The molecule has 7 rings (SSSR count). The van der Waals surface area contributed by atoms with E-state index in [0.717, 1.165) is 5.92 Å². The summed E-state index contributed by atoms with van der Waals surface area (Å²) in [5.41, 5.74) is -1.31. The van der Waals surface area contributed by atoms with E-state index >= 15 is 0 Å². The first kappa shape index (κ1) is 26.0. The highest BCUT2D eigenvalue weighted by molar-refractivity contribution is 6.00. The van der Waals surface area contributed by atoms with Crippen molar-refractivity contribution in [1.29, 1.82) is 0 Å². The molecule has 7 nitrogen and oxygen atoms in total. The number of aliphatic hydroxyl groups excluding tert-OH is 3. The van der Waals surface area contributed by atoms with Crippen molar-refractivity contribution < 1.29 is 34.3 Å². The van der Waals surface area contributed by atoms with E-state index in [1.165, 1.54) is 31.4 Å². The first-order chi connectivity index (χ1) is 17.3. The Morgan fingerprint density at radius 2 is 1.84 bits per heavy atom. The molecule has 0 radical (unpaired) electrons. The second kappa shape index (κ2) is 7.91. The van der Waals surface area contributed by atoms with E-state index in [1.54, 1.807) is 13.0 Å². The highest BCUT2D eigenvalue weighted by atomic mass is 16.6. The van der Waals surface area contributed by atoms with Gasteiger partial charge in [-0.1, -0.05) is 34.6 Å². The fraction of sp³-hybridized carbons (Fsp3) is 0.833. The molecule has 1 spiro atoms. The van der Waals surface area contributed by atoms with Crippen LogP contribution in [0.25, 0.3) is 0 Å². The van der Waals surface area contributed by atoms with E-state index < -0.39 is 47.5 Å². The molecule has 7 aliphatic rings. The Balaban J connectivity index is 0.000000141. The maximum atomic E-state index is 12.3. The third-order valence-corrected chi connectivity index (χ3v) is 12.6. The van der Waals surface area contributed by atoms with Gasteiger partial charge in [0.05, 0.1) is 36.6 Å². The molecule has 0 aromatic carbocycles. The first-order valence-corrected chi connectivity index (χ1v) is 14.2. The summed E-state index contributed by atoms with van der Waals surface area (Å²) in [4.78, 5) is 12.3. The monoisotopic (exact) mass is 516 g/mol. The van der Waals surface area contributed by atoms with Crippen molar-refractivity contribution >= 4 is 5.78 Å². The zero-order chi connectivity index (χ0) is 26.8. The maximum absolute atomic E-state index is 12.3. The number of fused-ring (bicyclic) bond motifs is 6. The third kappa shape index (κ3) is 2.93. The topological polar surface area (TPSA) is 109 Å². The van der Waals surface area contributed by atoms with Gasteiger partial charge in [-0.05, 0) is 68.1 Å². The number of Topliss-reactive ketones (excluding diaryl/α,β-unsaturated/α-hetero) is 1. The molecule has 5 fully saturated rings. The van der Waals surface area contributed by atoms with Gasteiger partial charge in [0.15, 0.2) is 5.78 Å². The molecule has 2 unspecified atom stereocenters. The summed E-state index contributed by atoms with van der Waals surface area (Å²) in [6, 6.07) is 0. The lowest BCUT2D eigenvalue weighted by molar-refractivity contribution is -0.244. The van der Waals surface area contributed by atoms with E-state index in [-0.39, 0.29) is 5.78 Å². The van der Waals surface area contributed by atoms with Gasteiger partial charge in [0.1, 0.15) is 23.9 Å². The maximum Gasteiger partial charge on any atom is 0.187 e. The molecule has 3 saturated heterocycles. The van der Waals surface area contributed by atoms with E-state index in [2.05, 4.69) is 33.8 Å². The quantitative estimate of drug-likeness (QED) is 0.459. The van der Waals surface area contributed by atoms with Crippen LogP contribution in [-0.2, 0) is 19.0 Å². The molecule has 3 aliphatic heterocycles. The molecule has 206 valence electrons. The summed E-state index contributed by atoms with van der Waals surface area (Å²) in [7, 11) is 0. The standard InChI is InChI=1S/C15H20O6.C15H24O/c1-7-3-9-14(5-16,11(19)10(7)18)13(2)4-8(17)12(21-9)15(13)6-20-15;1-10-5-7-15(4)13(9-10)16-12-6-8-14(15,3)11(12)2/h3,8-9,11-12,16-17,19H,4-6H2,1-2H3;6,10-11,13H,5,7-9H2,1-4H3/t8-,9-,11-,12-,13-,14-,15?;10?,11-,13-,14+,15+/m11/s1. The van der Waals surface area contributed by atoms with Crippen molar-refractivity contribution in [3.05, 3.63) is 23.5 Å². The fourth-order valence-electron chi connectivity index (χ4n) is 9.32. The summed E-state index contributed by atoms with van der Waals surface area (Å²) in [6.07, 6.45) is 6.92. The third-order valence-electron chi connectivity index (χ3n) is 12.6. The van der Waals surface area contributed by atoms with Crippen LogP contribution in [0.3, 0.4) is 0 Å². The molecule has 4 bridgehead atoms. The minimum Gasteiger partial charge on any atom is -0.494 e. The van der Waals surface area contributed by atoms with Crippen LogP contribution >= 0.6 is 0 Å². The summed E-state index contributed by atoms with van der Waals surface area (Å²) < 4.78 is 17.9. The number of carbonyl (C=O) groups is 1. The van der Waals surface area contributed by atoms with Crippen LogP contribution < -0.4 is 0 Å². The van der Waals surface area contributed by atoms with Gasteiger partial charge in [0.2, 0.25) is 0 Å². The van der Waals surface area contributed by atoms with Gasteiger partial charge < -0.3 is 29.5 Å². The van der Waals surface area contributed by atoms with Gasteiger partial charge >= 0.3 is 0 Å². The molecule has 4 aliphatic carbocycles. The van der Waals surface area contributed by atoms with Crippen LogP contribution in [0.5, 0.6) is 0 Å². The fourth-order valence-corrected chi connectivity index (χ4v) is 9.32. The molecular formula is C30H44O7. The van der Waals surface area contributed by atoms with Gasteiger partial charge in [-0.25, -0.2) is 0 Å². The van der Waals surface area contributed by atoms with Gasteiger partial charge in [0, 0.05) is 16.7 Å². The Morgan fingerprint density at radius 3 is 2.49 bits per heavy atom. The zero-order valence-electron chi connectivity index (χ0n) is 23.1. The molecule has 7 heteroatoms. The lowest BCUT2D eigenvalue weighted by Gasteiger charge is -2.58. The van der Waals surface area contributed by atoms with Gasteiger partial charge in [-0.3, -0.25) is 4.79 Å². The summed E-state index contributed by atoms with van der Waals surface area (Å²) in [5, 5.41) is 31.1. The van der Waals surface area contributed by atoms with Crippen LogP contribution in [0.15, 0.2) is 23.5 Å². The lowest BCUT2D eigenvalue weighted by Crippen LogP contribution is -2.70. The molecular weight excluding hydrogens is 472 g/mol. The zero-order valence-corrected chi connectivity index (χ0v) is 23.1. The number of ether oxygens (including phenoxy) is 3. The average Bonchev–Trinajstić information content (AvgIpc) is 3.59. The number of carbonyl (C=O) groups excluding carboxylic acids is 1. The minimum atomic E-state index is -1.35. The van der Waals surface area contributed by atoms with Crippen molar-refractivity contribution in [2.45, 2.75) is 110 Å². The van der Waals surface area contributed by atoms with E-state index in [0.29, 0.717) is 41.5 Å². The lowest BCUT2D eigenvalue weighted by atomic mass is 9.50. The summed E-state index contributed by atoms with van der Waals surface area (Å²) in [6.45, 7) is 13.3. The molecule has 2 saturated carbocycles. The largest absolute Gasteiger partial charge is 0.494 e. The van der Waals surface area contributed by atoms with E-state index in [4.69, 9.17) is 14.2 Å². The second-order valence-electron chi connectivity index (χ2n) is 13.9. The van der Waals surface area contributed by atoms with Gasteiger partial charge in [-0.15, -0.1) is 0 Å². The number of allylic oxidation sites excluding steroid dienone is 2. The minimum absolute atomic E-state index is 0.339. The molecule has 0 aromatic rings. The molecule has 3 heterocycles. The van der Waals surface area contributed by atoms with Crippen LogP contribution in [-0.4, -0.2) is 70.4 Å². The Kier molecular flexibility index (Phi) is 5.56. The number of hydrogen-bond acceptors (Lipinski definition) is 7. The Labute approximate surface area is 220 Å². The number of rotatable bonds is 1. The molecule has 0 amide bonds.